The molecule has 2 unspecified atom stereocenters. The van der Waals surface area contributed by atoms with E-state index in [1.54, 1.807) is 11.0 Å². The van der Waals surface area contributed by atoms with Crippen LogP contribution >= 0.6 is 0 Å². The van der Waals surface area contributed by atoms with Crippen LogP contribution in [0.2, 0.25) is 0 Å². The molecule has 0 radical (unpaired) electrons. The molecule has 2 heterocycles. The molecule has 0 spiro atoms. The summed E-state index contributed by atoms with van der Waals surface area (Å²) in [5.74, 6) is 0.0892. The van der Waals surface area contributed by atoms with Gasteiger partial charge in [0.25, 0.3) is 0 Å². The van der Waals surface area contributed by atoms with Crippen LogP contribution in [0.15, 0.2) is 36.9 Å². The van der Waals surface area contributed by atoms with E-state index in [-0.39, 0.29) is 30.1 Å². The van der Waals surface area contributed by atoms with E-state index in [0.717, 1.165) is 17.7 Å². The minimum Gasteiger partial charge on any atom is -0.352 e. The Morgan fingerprint density at radius 1 is 1.23 bits per heavy atom. The topological polar surface area (TPSA) is 73.0 Å². The first kappa shape index (κ1) is 23.0. The van der Waals surface area contributed by atoms with Crippen LogP contribution in [0.5, 0.6) is 0 Å². The van der Waals surface area contributed by atoms with Crippen LogP contribution in [0, 0.1) is 5.92 Å². The smallest absolute Gasteiger partial charge is 0.234 e. The van der Waals surface area contributed by atoms with E-state index in [1.165, 1.54) is 0 Å². The maximum Gasteiger partial charge on any atom is 0.234 e. The molecule has 3 rings (SSSR count). The van der Waals surface area contributed by atoms with Crippen molar-refractivity contribution in [3.8, 4) is 0 Å². The molecule has 2 saturated heterocycles. The van der Waals surface area contributed by atoms with Crippen LogP contribution in [0.3, 0.4) is 0 Å². The molecule has 0 aromatic heterocycles. The van der Waals surface area contributed by atoms with E-state index in [9.17, 15) is 14.4 Å². The Bertz CT molecular complexity index is 817. The van der Waals surface area contributed by atoms with E-state index in [1.807, 2.05) is 23.1 Å². The highest BCUT2D eigenvalue weighted by molar-refractivity contribution is 6.01. The van der Waals surface area contributed by atoms with Gasteiger partial charge in [-0.3, -0.25) is 19.3 Å². The predicted molar refractivity (Wildman–Crippen MR) is 122 cm³/mol. The molecule has 3 amide bonds. The molecule has 31 heavy (non-hydrogen) atoms. The first-order valence-electron chi connectivity index (χ1n) is 11.2. The van der Waals surface area contributed by atoms with Gasteiger partial charge < -0.3 is 15.1 Å². The second-order valence-electron chi connectivity index (χ2n) is 8.47. The molecule has 1 N–H and O–H groups in total. The molecular formula is C24H34N4O3. The largest absolute Gasteiger partial charge is 0.352 e. The summed E-state index contributed by atoms with van der Waals surface area (Å²) in [7, 11) is 0. The summed E-state index contributed by atoms with van der Waals surface area (Å²) < 4.78 is 0. The van der Waals surface area contributed by atoms with Crippen molar-refractivity contribution in [2.75, 3.05) is 50.7 Å². The molecule has 1 aromatic carbocycles. The van der Waals surface area contributed by atoms with Crippen molar-refractivity contribution in [2.45, 2.75) is 32.6 Å². The van der Waals surface area contributed by atoms with Gasteiger partial charge in [0.2, 0.25) is 17.7 Å². The van der Waals surface area contributed by atoms with E-state index >= 15 is 0 Å². The molecular weight excluding hydrogens is 392 g/mol. The normalized spacial score (nSPS) is 20.6. The van der Waals surface area contributed by atoms with Crippen molar-refractivity contribution in [1.82, 2.24) is 15.1 Å². The van der Waals surface area contributed by atoms with Crippen molar-refractivity contribution >= 4 is 23.4 Å². The van der Waals surface area contributed by atoms with Crippen LogP contribution in [-0.2, 0) is 14.4 Å². The van der Waals surface area contributed by atoms with Crippen molar-refractivity contribution in [3.63, 3.8) is 0 Å². The molecule has 0 bridgehead atoms. The van der Waals surface area contributed by atoms with Crippen molar-refractivity contribution in [3.05, 3.63) is 42.5 Å². The van der Waals surface area contributed by atoms with Crippen molar-refractivity contribution in [2.24, 2.45) is 5.92 Å². The van der Waals surface area contributed by atoms with Gasteiger partial charge in [-0.2, -0.15) is 0 Å². The predicted octanol–water partition coefficient (Wildman–Crippen LogP) is 2.00. The highest BCUT2D eigenvalue weighted by Gasteiger charge is 2.38. The number of piperazine rings is 1. The number of rotatable bonds is 8. The Morgan fingerprint density at radius 2 is 1.94 bits per heavy atom. The Kier molecular flexibility index (Phi) is 7.85. The Balaban J connectivity index is 1.57. The number of anilines is 1. The van der Waals surface area contributed by atoms with Gasteiger partial charge in [-0.05, 0) is 24.0 Å². The maximum atomic E-state index is 13.1. The fraction of sp³-hybridized carbons (Fsp3) is 0.542. The summed E-state index contributed by atoms with van der Waals surface area (Å²) >= 11 is 0. The molecule has 0 aliphatic carbocycles. The van der Waals surface area contributed by atoms with Crippen LogP contribution in [-0.4, -0.2) is 73.3 Å². The lowest BCUT2D eigenvalue weighted by Gasteiger charge is -2.35. The number of hydrogen-bond acceptors (Lipinski definition) is 4. The van der Waals surface area contributed by atoms with Gasteiger partial charge in [-0.1, -0.05) is 38.1 Å². The van der Waals surface area contributed by atoms with Crippen molar-refractivity contribution in [1.29, 1.82) is 0 Å². The van der Waals surface area contributed by atoms with Gasteiger partial charge in [0, 0.05) is 51.4 Å². The third kappa shape index (κ3) is 5.53. The molecule has 2 aliphatic rings. The number of nitrogens with one attached hydrogen (secondary N) is 1. The molecule has 2 aliphatic heterocycles. The summed E-state index contributed by atoms with van der Waals surface area (Å²) in [5, 5.41) is 2.78. The number of benzene rings is 1. The molecule has 0 saturated carbocycles. The van der Waals surface area contributed by atoms with Gasteiger partial charge >= 0.3 is 0 Å². The molecule has 2 fully saturated rings. The number of nitrogens with zero attached hydrogens (tertiary/aromatic N) is 3. The molecule has 168 valence electrons. The quantitative estimate of drug-likeness (QED) is 0.646. The second-order valence-corrected chi connectivity index (χ2v) is 8.47. The summed E-state index contributed by atoms with van der Waals surface area (Å²) in [6, 6.07) is 8.03. The zero-order valence-electron chi connectivity index (χ0n) is 18.7. The van der Waals surface area contributed by atoms with E-state index < -0.39 is 0 Å². The molecule has 7 nitrogen and oxygen atoms in total. The highest BCUT2D eigenvalue weighted by Crippen LogP contribution is 2.34. The Morgan fingerprint density at radius 3 is 2.61 bits per heavy atom. The lowest BCUT2D eigenvalue weighted by Crippen LogP contribution is -2.52. The first-order chi connectivity index (χ1) is 14.9. The standard InChI is InChI=1S/C24H34N4O3/c1-4-10-25-22(29)17-26-11-13-27(14-12-26)24(31)19-15-23(30)28(16-19)21-9-7-6-8-20(21)18(3)5-2/h4,6-9,18-19H,1,5,10-17H2,2-3H3,(H,25,29). The van der Waals surface area contributed by atoms with Gasteiger partial charge in [-0.15, -0.1) is 6.58 Å². The lowest BCUT2D eigenvalue weighted by molar-refractivity contribution is -0.137. The van der Waals surface area contributed by atoms with Crippen LogP contribution in [0.4, 0.5) is 5.69 Å². The highest BCUT2D eigenvalue weighted by atomic mass is 16.2. The van der Waals surface area contributed by atoms with Crippen LogP contribution in [0.1, 0.15) is 38.2 Å². The van der Waals surface area contributed by atoms with Crippen LogP contribution < -0.4 is 10.2 Å². The molecule has 1 aromatic rings. The van der Waals surface area contributed by atoms with Crippen LogP contribution in [0.25, 0.3) is 0 Å². The number of amides is 3. The number of para-hydroxylation sites is 1. The Labute approximate surface area is 185 Å². The fourth-order valence-corrected chi connectivity index (χ4v) is 4.31. The third-order valence-electron chi connectivity index (χ3n) is 6.34. The number of carbonyl (C=O) groups excluding carboxylic acids is 3. The van der Waals surface area contributed by atoms with Gasteiger partial charge in [0.1, 0.15) is 0 Å². The first-order valence-corrected chi connectivity index (χ1v) is 11.2. The van der Waals surface area contributed by atoms with E-state index in [0.29, 0.717) is 51.7 Å². The third-order valence-corrected chi connectivity index (χ3v) is 6.34. The van der Waals surface area contributed by atoms with Gasteiger partial charge in [0.05, 0.1) is 12.5 Å². The average Bonchev–Trinajstić information content (AvgIpc) is 3.18. The lowest BCUT2D eigenvalue weighted by atomic mass is 9.96. The monoisotopic (exact) mass is 426 g/mol. The molecule has 7 heteroatoms. The summed E-state index contributed by atoms with van der Waals surface area (Å²) in [6.07, 6.45) is 2.91. The zero-order chi connectivity index (χ0) is 22.4. The number of hydrogen-bond donors (Lipinski definition) is 1. The van der Waals surface area contributed by atoms with E-state index in [2.05, 4.69) is 36.7 Å². The average molecular weight is 427 g/mol. The Hall–Kier alpha value is -2.67. The SMILES string of the molecule is C=CCNC(=O)CN1CCN(C(=O)C2CC(=O)N(c3ccccc3C(C)CC)C2)CC1. The molecule has 2 atom stereocenters. The minimum atomic E-state index is -0.306. The van der Waals surface area contributed by atoms with Gasteiger partial charge in [0.15, 0.2) is 0 Å². The maximum absolute atomic E-state index is 13.1. The summed E-state index contributed by atoms with van der Waals surface area (Å²) in [6.45, 7) is 11.6. The zero-order valence-corrected chi connectivity index (χ0v) is 18.7. The number of carbonyl (C=O) groups is 3. The second kappa shape index (κ2) is 10.6. The van der Waals surface area contributed by atoms with Gasteiger partial charge in [-0.25, -0.2) is 0 Å². The minimum absolute atomic E-state index is 0.0200. The fourth-order valence-electron chi connectivity index (χ4n) is 4.31. The van der Waals surface area contributed by atoms with E-state index in [4.69, 9.17) is 0 Å². The summed E-state index contributed by atoms with van der Waals surface area (Å²) in [5.41, 5.74) is 2.10. The van der Waals surface area contributed by atoms with Crippen molar-refractivity contribution < 1.29 is 14.4 Å². The summed E-state index contributed by atoms with van der Waals surface area (Å²) in [4.78, 5) is 43.5.